The Morgan fingerprint density at radius 3 is 2.89 bits per heavy atom. The van der Waals surface area contributed by atoms with Crippen LogP contribution in [0.2, 0.25) is 0 Å². The third-order valence-corrected chi connectivity index (χ3v) is 3.39. The van der Waals surface area contributed by atoms with E-state index >= 15 is 0 Å². The standard InChI is InChI=1S/C13H19N3O2/c1-2-17-12(10-6-4-3-5-7-10)13-15-11(8-9-14)18-16-13/h10,12H,2-8H2,1H3. The van der Waals surface area contributed by atoms with Crippen LogP contribution in [0.25, 0.3) is 0 Å². The average molecular weight is 249 g/mol. The number of hydrogen-bond acceptors (Lipinski definition) is 5. The molecule has 0 radical (unpaired) electrons. The van der Waals surface area contributed by atoms with Crippen molar-refractivity contribution in [3.05, 3.63) is 11.7 Å². The maximum atomic E-state index is 8.61. The summed E-state index contributed by atoms with van der Waals surface area (Å²) in [4.78, 5) is 4.27. The smallest absolute Gasteiger partial charge is 0.240 e. The van der Waals surface area contributed by atoms with Crippen LogP contribution in [0.4, 0.5) is 0 Å². The molecule has 0 spiro atoms. The van der Waals surface area contributed by atoms with Crippen molar-refractivity contribution < 1.29 is 9.26 Å². The molecular formula is C13H19N3O2. The van der Waals surface area contributed by atoms with Crippen molar-refractivity contribution in [3.8, 4) is 6.07 Å². The molecular weight excluding hydrogens is 230 g/mol. The number of nitriles is 1. The fourth-order valence-corrected chi connectivity index (χ4v) is 2.56. The first kappa shape index (κ1) is 13.0. The van der Waals surface area contributed by atoms with Crippen molar-refractivity contribution in [2.45, 2.75) is 51.6 Å². The first-order valence-corrected chi connectivity index (χ1v) is 6.66. The van der Waals surface area contributed by atoms with Crippen LogP contribution in [0, 0.1) is 17.2 Å². The molecule has 2 rings (SSSR count). The zero-order chi connectivity index (χ0) is 12.8. The van der Waals surface area contributed by atoms with Gasteiger partial charge in [-0.05, 0) is 25.7 Å². The first-order chi connectivity index (χ1) is 8.85. The monoisotopic (exact) mass is 249 g/mol. The minimum atomic E-state index is -0.0773. The topological polar surface area (TPSA) is 71.9 Å². The van der Waals surface area contributed by atoms with E-state index in [9.17, 15) is 0 Å². The van der Waals surface area contributed by atoms with Gasteiger partial charge in [0.25, 0.3) is 0 Å². The summed E-state index contributed by atoms with van der Waals surface area (Å²) < 4.78 is 10.9. The zero-order valence-corrected chi connectivity index (χ0v) is 10.8. The van der Waals surface area contributed by atoms with E-state index in [2.05, 4.69) is 10.1 Å². The molecule has 0 amide bonds. The van der Waals surface area contributed by atoms with Crippen molar-refractivity contribution in [3.63, 3.8) is 0 Å². The lowest BCUT2D eigenvalue weighted by Crippen LogP contribution is -2.20. The van der Waals surface area contributed by atoms with Crippen LogP contribution >= 0.6 is 0 Å². The van der Waals surface area contributed by atoms with Gasteiger partial charge in [0.1, 0.15) is 12.5 Å². The molecule has 18 heavy (non-hydrogen) atoms. The number of nitrogens with zero attached hydrogens (tertiary/aromatic N) is 3. The van der Waals surface area contributed by atoms with E-state index in [1.165, 1.54) is 19.3 Å². The van der Waals surface area contributed by atoms with Crippen molar-refractivity contribution in [1.82, 2.24) is 10.1 Å². The highest BCUT2D eigenvalue weighted by atomic mass is 16.5. The molecule has 1 atom stereocenters. The van der Waals surface area contributed by atoms with Crippen LogP contribution in [0.15, 0.2) is 4.52 Å². The van der Waals surface area contributed by atoms with Crippen molar-refractivity contribution in [2.75, 3.05) is 6.61 Å². The molecule has 1 heterocycles. The normalized spacial score (nSPS) is 18.4. The van der Waals surface area contributed by atoms with E-state index in [0.717, 1.165) is 12.8 Å². The molecule has 0 aliphatic heterocycles. The highest BCUT2D eigenvalue weighted by molar-refractivity contribution is 4.98. The lowest BCUT2D eigenvalue weighted by molar-refractivity contribution is -0.00145. The summed E-state index contributed by atoms with van der Waals surface area (Å²) in [5.41, 5.74) is 0. The lowest BCUT2D eigenvalue weighted by Gasteiger charge is -2.27. The number of aromatic nitrogens is 2. The summed E-state index contributed by atoms with van der Waals surface area (Å²) in [6.07, 6.45) is 6.21. The molecule has 0 aromatic carbocycles. The Labute approximate surface area is 107 Å². The number of rotatable bonds is 5. The summed E-state index contributed by atoms with van der Waals surface area (Å²) in [7, 11) is 0. The Hall–Kier alpha value is -1.41. The van der Waals surface area contributed by atoms with Gasteiger partial charge in [0.2, 0.25) is 11.7 Å². The fourth-order valence-electron chi connectivity index (χ4n) is 2.56. The van der Waals surface area contributed by atoms with Gasteiger partial charge in [0, 0.05) is 6.61 Å². The molecule has 1 aliphatic rings. The number of ether oxygens (including phenoxy) is 1. The molecule has 1 unspecified atom stereocenters. The van der Waals surface area contributed by atoms with E-state index in [1.54, 1.807) is 0 Å². The van der Waals surface area contributed by atoms with Gasteiger partial charge in [-0.3, -0.25) is 0 Å². The second kappa shape index (κ2) is 6.50. The SMILES string of the molecule is CCOC(c1noc(CC#N)n1)C1CCCCC1. The molecule has 98 valence electrons. The lowest BCUT2D eigenvalue weighted by atomic mass is 9.85. The Balaban J connectivity index is 2.09. The minimum Gasteiger partial charge on any atom is -0.370 e. The Morgan fingerprint density at radius 2 is 2.22 bits per heavy atom. The van der Waals surface area contributed by atoms with Crippen molar-refractivity contribution >= 4 is 0 Å². The fraction of sp³-hybridized carbons (Fsp3) is 0.769. The van der Waals surface area contributed by atoms with Gasteiger partial charge in [-0.15, -0.1) is 0 Å². The molecule has 1 aromatic heterocycles. The summed E-state index contributed by atoms with van der Waals surface area (Å²) in [6.45, 7) is 2.62. The molecule has 0 bridgehead atoms. The van der Waals surface area contributed by atoms with Gasteiger partial charge >= 0.3 is 0 Å². The largest absolute Gasteiger partial charge is 0.370 e. The Morgan fingerprint density at radius 1 is 1.44 bits per heavy atom. The van der Waals surface area contributed by atoms with Gasteiger partial charge < -0.3 is 9.26 Å². The molecule has 1 fully saturated rings. The quantitative estimate of drug-likeness (QED) is 0.802. The third kappa shape index (κ3) is 3.08. The van der Waals surface area contributed by atoms with Gasteiger partial charge in [-0.1, -0.05) is 24.4 Å². The first-order valence-electron chi connectivity index (χ1n) is 6.66. The van der Waals surface area contributed by atoms with Crippen LogP contribution in [0.5, 0.6) is 0 Å². The van der Waals surface area contributed by atoms with Crippen LogP contribution < -0.4 is 0 Å². The molecule has 0 saturated heterocycles. The minimum absolute atomic E-state index is 0.0773. The molecule has 1 aromatic rings. The van der Waals surface area contributed by atoms with E-state index < -0.39 is 0 Å². The van der Waals surface area contributed by atoms with E-state index in [0.29, 0.717) is 24.2 Å². The van der Waals surface area contributed by atoms with Gasteiger partial charge in [-0.25, -0.2) is 0 Å². The second-order valence-corrected chi connectivity index (χ2v) is 4.66. The third-order valence-electron chi connectivity index (χ3n) is 3.39. The van der Waals surface area contributed by atoms with E-state index in [1.807, 2.05) is 13.0 Å². The molecule has 1 saturated carbocycles. The van der Waals surface area contributed by atoms with Crippen LogP contribution in [-0.2, 0) is 11.2 Å². The second-order valence-electron chi connectivity index (χ2n) is 4.66. The maximum absolute atomic E-state index is 8.61. The maximum Gasteiger partial charge on any atom is 0.240 e. The Kier molecular flexibility index (Phi) is 4.71. The predicted molar refractivity (Wildman–Crippen MR) is 64.6 cm³/mol. The number of hydrogen-bond donors (Lipinski definition) is 0. The summed E-state index contributed by atoms with van der Waals surface area (Å²) in [5, 5.41) is 12.6. The highest BCUT2D eigenvalue weighted by Gasteiger charge is 2.29. The van der Waals surface area contributed by atoms with Crippen molar-refractivity contribution in [1.29, 1.82) is 5.26 Å². The van der Waals surface area contributed by atoms with E-state index in [-0.39, 0.29) is 12.5 Å². The van der Waals surface area contributed by atoms with Gasteiger partial charge in [-0.2, -0.15) is 10.2 Å². The summed E-state index contributed by atoms with van der Waals surface area (Å²) in [5.74, 6) is 1.47. The van der Waals surface area contributed by atoms with Crippen LogP contribution in [0.1, 0.15) is 56.8 Å². The predicted octanol–water partition coefficient (Wildman–Crippen LogP) is 2.79. The van der Waals surface area contributed by atoms with Gasteiger partial charge in [0.05, 0.1) is 6.07 Å². The zero-order valence-electron chi connectivity index (χ0n) is 10.8. The molecule has 5 heteroatoms. The van der Waals surface area contributed by atoms with Crippen molar-refractivity contribution in [2.24, 2.45) is 5.92 Å². The highest BCUT2D eigenvalue weighted by Crippen LogP contribution is 2.35. The molecule has 1 aliphatic carbocycles. The molecule has 0 N–H and O–H groups in total. The average Bonchev–Trinajstić information content (AvgIpc) is 2.86. The Bertz CT molecular complexity index is 405. The van der Waals surface area contributed by atoms with Crippen LogP contribution in [0.3, 0.4) is 0 Å². The van der Waals surface area contributed by atoms with Crippen LogP contribution in [-0.4, -0.2) is 16.7 Å². The van der Waals surface area contributed by atoms with Gasteiger partial charge in [0.15, 0.2) is 0 Å². The van der Waals surface area contributed by atoms with E-state index in [4.69, 9.17) is 14.5 Å². The summed E-state index contributed by atoms with van der Waals surface area (Å²) in [6, 6.07) is 2.01. The summed E-state index contributed by atoms with van der Waals surface area (Å²) >= 11 is 0. The molecule has 5 nitrogen and oxygen atoms in total.